The van der Waals surface area contributed by atoms with Crippen molar-refractivity contribution in [2.75, 3.05) is 18.8 Å². The lowest BCUT2D eigenvalue weighted by Crippen LogP contribution is -2.47. The fourth-order valence-corrected chi connectivity index (χ4v) is 6.06. The van der Waals surface area contributed by atoms with Crippen molar-refractivity contribution >= 4 is 27.1 Å². The molecule has 146 valence electrons. The molecule has 0 bridgehead atoms. The summed E-state index contributed by atoms with van der Waals surface area (Å²) in [6.45, 7) is 0.795. The molecule has 9 nitrogen and oxygen atoms in total. The summed E-state index contributed by atoms with van der Waals surface area (Å²) >= 11 is 0. The SMILES string of the molecule is Nc1ncc2c(n1)C1(CCCN(S(=O)(=O)c3ccc4[nH]c(=O)oc4c3)C1)CC2. The minimum Gasteiger partial charge on any atom is -0.408 e. The second-order valence-corrected chi connectivity index (χ2v) is 9.43. The molecule has 1 spiro atoms. The molecule has 1 fully saturated rings. The summed E-state index contributed by atoms with van der Waals surface area (Å²) in [7, 11) is -3.74. The molecule has 1 unspecified atom stereocenters. The van der Waals surface area contributed by atoms with Gasteiger partial charge in [0.2, 0.25) is 16.0 Å². The highest BCUT2D eigenvalue weighted by Gasteiger charge is 2.46. The number of hydrogen-bond acceptors (Lipinski definition) is 7. The van der Waals surface area contributed by atoms with Crippen LogP contribution < -0.4 is 11.5 Å². The highest BCUT2D eigenvalue weighted by Crippen LogP contribution is 2.45. The Morgan fingerprint density at radius 2 is 2.14 bits per heavy atom. The predicted molar refractivity (Wildman–Crippen MR) is 101 cm³/mol. The minimum absolute atomic E-state index is 0.111. The number of anilines is 1. The average Bonchev–Trinajstić information content (AvgIpc) is 3.21. The highest BCUT2D eigenvalue weighted by molar-refractivity contribution is 7.89. The molecule has 10 heteroatoms. The van der Waals surface area contributed by atoms with Crippen molar-refractivity contribution in [1.82, 2.24) is 19.3 Å². The van der Waals surface area contributed by atoms with Crippen molar-refractivity contribution in [3.63, 3.8) is 0 Å². The summed E-state index contributed by atoms with van der Waals surface area (Å²) in [6.07, 6.45) is 5.02. The molecule has 0 saturated carbocycles. The van der Waals surface area contributed by atoms with Gasteiger partial charge in [0.25, 0.3) is 0 Å². The fraction of sp³-hybridized carbons (Fsp3) is 0.389. The van der Waals surface area contributed by atoms with Crippen LogP contribution in [-0.2, 0) is 21.9 Å². The van der Waals surface area contributed by atoms with Gasteiger partial charge in [-0.1, -0.05) is 0 Å². The lowest BCUT2D eigenvalue weighted by Gasteiger charge is -2.39. The van der Waals surface area contributed by atoms with Crippen LogP contribution in [0.15, 0.2) is 38.5 Å². The molecule has 1 atom stereocenters. The number of nitrogens with zero attached hydrogens (tertiary/aromatic N) is 3. The topological polar surface area (TPSA) is 135 Å². The highest BCUT2D eigenvalue weighted by atomic mass is 32.2. The van der Waals surface area contributed by atoms with Crippen molar-refractivity contribution in [3.05, 3.63) is 46.2 Å². The Bertz CT molecular complexity index is 1240. The van der Waals surface area contributed by atoms with Crippen molar-refractivity contribution < 1.29 is 12.8 Å². The molecule has 0 radical (unpaired) electrons. The molecule has 1 aliphatic carbocycles. The quantitative estimate of drug-likeness (QED) is 0.658. The number of fused-ring (bicyclic) bond motifs is 3. The van der Waals surface area contributed by atoms with Crippen LogP contribution in [0.25, 0.3) is 11.1 Å². The third kappa shape index (κ3) is 2.55. The maximum absolute atomic E-state index is 13.3. The lowest BCUT2D eigenvalue weighted by atomic mass is 9.78. The summed E-state index contributed by atoms with van der Waals surface area (Å²) in [4.78, 5) is 22.5. The molecule has 0 amide bonds. The number of aromatic nitrogens is 3. The van der Waals surface area contributed by atoms with Crippen LogP contribution in [-0.4, -0.2) is 40.8 Å². The van der Waals surface area contributed by atoms with Crippen molar-refractivity contribution in [3.8, 4) is 0 Å². The molecule has 3 N–H and O–H groups in total. The fourth-order valence-electron chi connectivity index (χ4n) is 4.48. The van der Waals surface area contributed by atoms with E-state index in [0.717, 1.165) is 36.9 Å². The van der Waals surface area contributed by atoms with Crippen LogP contribution in [0.3, 0.4) is 0 Å². The number of nitrogens with one attached hydrogen (secondary N) is 1. The first-order chi connectivity index (χ1) is 13.4. The normalized spacial score (nSPS) is 22.7. The zero-order valence-electron chi connectivity index (χ0n) is 15.0. The van der Waals surface area contributed by atoms with Crippen LogP contribution in [0.4, 0.5) is 5.95 Å². The maximum Gasteiger partial charge on any atom is 0.417 e. The number of nitrogens with two attached hydrogens (primary N) is 1. The molecule has 1 aliphatic heterocycles. The minimum atomic E-state index is -3.74. The number of benzene rings is 1. The zero-order chi connectivity index (χ0) is 19.5. The first kappa shape index (κ1) is 17.4. The van der Waals surface area contributed by atoms with E-state index in [-0.39, 0.29) is 21.8 Å². The third-order valence-corrected chi connectivity index (χ3v) is 7.67. The average molecular weight is 401 g/mol. The molecular weight excluding hydrogens is 382 g/mol. The summed E-state index contributed by atoms with van der Waals surface area (Å²) < 4.78 is 33.1. The van der Waals surface area contributed by atoms with Crippen molar-refractivity contribution in [2.45, 2.75) is 36.0 Å². The zero-order valence-corrected chi connectivity index (χ0v) is 15.8. The van der Waals surface area contributed by atoms with E-state index >= 15 is 0 Å². The number of rotatable bonds is 2. The number of aromatic amines is 1. The van der Waals surface area contributed by atoms with E-state index in [1.54, 1.807) is 12.3 Å². The Kier molecular flexibility index (Phi) is 3.65. The summed E-state index contributed by atoms with van der Waals surface area (Å²) in [5.41, 5.74) is 8.08. The van der Waals surface area contributed by atoms with Gasteiger partial charge in [0.15, 0.2) is 5.58 Å². The molecule has 1 aromatic carbocycles. The summed E-state index contributed by atoms with van der Waals surface area (Å²) in [5, 5.41) is 0. The Balaban J connectivity index is 1.52. The Hall–Kier alpha value is -2.72. The van der Waals surface area contributed by atoms with E-state index in [1.807, 2.05) is 0 Å². The maximum atomic E-state index is 13.3. The largest absolute Gasteiger partial charge is 0.417 e. The smallest absolute Gasteiger partial charge is 0.408 e. The first-order valence-electron chi connectivity index (χ1n) is 9.12. The number of piperidine rings is 1. The number of nitrogen functional groups attached to an aromatic ring is 1. The van der Waals surface area contributed by atoms with Crippen LogP contribution in [0.2, 0.25) is 0 Å². The summed E-state index contributed by atoms with van der Waals surface area (Å²) in [6, 6.07) is 4.44. The van der Waals surface area contributed by atoms with Gasteiger partial charge in [-0.25, -0.2) is 23.2 Å². The van der Waals surface area contributed by atoms with Gasteiger partial charge in [-0.3, -0.25) is 4.98 Å². The third-order valence-electron chi connectivity index (χ3n) is 5.83. The van der Waals surface area contributed by atoms with Gasteiger partial charge in [0.05, 0.1) is 16.1 Å². The molecule has 2 aromatic heterocycles. The molecule has 3 heterocycles. The second-order valence-electron chi connectivity index (χ2n) is 7.50. The van der Waals surface area contributed by atoms with Gasteiger partial charge in [0, 0.05) is 30.8 Å². The van der Waals surface area contributed by atoms with Crippen molar-refractivity contribution in [2.24, 2.45) is 0 Å². The van der Waals surface area contributed by atoms with Crippen LogP contribution in [0, 0.1) is 0 Å². The van der Waals surface area contributed by atoms with Gasteiger partial charge in [-0.05, 0) is 43.4 Å². The molecule has 3 aromatic rings. The number of oxazole rings is 1. The molecular formula is C18H19N5O4S. The number of hydrogen-bond donors (Lipinski definition) is 2. The van der Waals surface area contributed by atoms with Crippen LogP contribution in [0.5, 0.6) is 0 Å². The van der Waals surface area contributed by atoms with E-state index in [4.69, 9.17) is 10.2 Å². The van der Waals surface area contributed by atoms with E-state index in [1.165, 1.54) is 16.4 Å². The van der Waals surface area contributed by atoms with Gasteiger partial charge >= 0.3 is 5.76 Å². The van der Waals surface area contributed by atoms with E-state index in [9.17, 15) is 13.2 Å². The molecule has 28 heavy (non-hydrogen) atoms. The van der Waals surface area contributed by atoms with E-state index < -0.39 is 15.8 Å². The lowest BCUT2D eigenvalue weighted by molar-refractivity contribution is 0.219. The standard InChI is InChI=1S/C18H19N5O4S/c19-16-20-9-11-4-6-18(15(11)22-16)5-1-7-23(10-18)28(25,26)12-2-3-13-14(8-12)27-17(24)21-13/h2-3,8-9H,1,4-7,10H2,(H,21,24)(H2,19,20,22). The number of H-pyrrole nitrogens is 1. The van der Waals surface area contributed by atoms with Gasteiger partial charge in [-0.2, -0.15) is 4.31 Å². The van der Waals surface area contributed by atoms with E-state index in [2.05, 4.69) is 15.0 Å². The Morgan fingerprint density at radius 1 is 1.29 bits per heavy atom. The van der Waals surface area contributed by atoms with Crippen LogP contribution in [0.1, 0.15) is 30.5 Å². The van der Waals surface area contributed by atoms with Crippen LogP contribution >= 0.6 is 0 Å². The first-order valence-corrected chi connectivity index (χ1v) is 10.6. The number of aryl methyl sites for hydroxylation is 1. The molecule has 2 aliphatic rings. The monoisotopic (exact) mass is 401 g/mol. The Morgan fingerprint density at radius 3 is 3.00 bits per heavy atom. The molecule has 1 saturated heterocycles. The Labute approximate surface area is 160 Å². The van der Waals surface area contributed by atoms with Crippen molar-refractivity contribution in [1.29, 1.82) is 0 Å². The molecule has 5 rings (SSSR count). The van der Waals surface area contributed by atoms with Gasteiger partial charge < -0.3 is 10.2 Å². The van der Waals surface area contributed by atoms with Gasteiger partial charge in [0.1, 0.15) is 0 Å². The van der Waals surface area contributed by atoms with E-state index in [0.29, 0.717) is 18.6 Å². The van der Waals surface area contributed by atoms with Gasteiger partial charge in [-0.15, -0.1) is 0 Å². The number of sulfonamides is 1. The predicted octanol–water partition coefficient (Wildman–Crippen LogP) is 1.16. The summed E-state index contributed by atoms with van der Waals surface area (Å²) in [5.74, 6) is -0.394. The second kappa shape index (κ2) is 5.89.